The van der Waals surface area contributed by atoms with Gasteiger partial charge in [0.15, 0.2) is 0 Å². The van der Waals surface area contributed by atoms with Crippen LogP contribution in [0.25, 0.3) is 44.5 Å². The summed E-state index contributed by atoms with van der Waals surface area (Å²) in [6, 6.07) is 15.9. The maximum Gasteiger partial charge on any atom is 0.133 e. The molecule has 0 aliphatic heterocycles. The molecule has 0 saturated carbocycles. The third kappa shape index (κ3) is 3.33. The molecular formula is C28H26FN5. The highest BCUT2D eigenvalue weighted by Gasteiger charge is 2.21. The monoisotopic (exact) mass is 451 g/mol. The number of rotatable bonds is 4. The number of aryl methyl sites for hydroxylation is 3. The lowest BCUT2D eigenvalue weighted by Crippen LogP contribution is -2.06. The molecule has 5 nitrogen and oxygen atoms in total. The number of H-pyrrole nitrogens is 2. The summed E-state index contributed by atoms with van der Waals surface area (Å²) in [5.74, 6) is 1.39. The van der Waals surface area contributed by atoms with E-state index in [0.717, 1.165) is 47.2 Å². The van der Waals surface area contributed by atoms with Crippen molar-refractivity contribution in [3.63, 3.8) is 0 Å². The number of hydrogen-bond donors (Lipinski definition) is 3. The Balaban J connectivity index is 1.36. The molecule has 1 atom stereocenters. The summed E-state index contributed by atoms with van der Waals surface area (Å²) in [6.45, 7) is 3.96. The molecule has 0 saturated heterocycles. The van der Waals surface area contributed by atoms with Gasteiger partial charge in [0.2, 0.25) is 0 Å². The molecule has 170 valence electrons. The summed E-state index contributed by atoms with van der Waals surface area (Å²) < 4.78 is 15.1. The van der Waals surface area contributed by atoms with Crippen LogP contribution >= 0.6 is 0 Å². The van der Waals surface area contributed by atoms with E-state index < -0.39 is 0 Å². The zero-order valence-electron chi connectivity index (χ0n) is 19.2. The zero-order chi connectivity index (χ0) is 23.4. The minimum atomic E-state index is -0.284. The van der Waals surface area contributed by atoms with Crippen molar-refractivity contribution in [1.29, 1.82) is 0 Å². The fourth-order valence-electron chi connectivity index (χ4n) is 4.98. The Morgan fingerprint density at radius 1 is 0.971 bits per heavy atom. The van der Waals surface area contributed by atoms with E-state index in [1.54, 1.807) is 18.3 Å². The first-order chi connectivity index (χ1) is 16.5. The van der Waals surface area contributed by atoms with Crippen LogP contribution in [0.15, 0.2) is 54.7 Å². The predicted octanol–water partition coefficient (Wildman–Crippen LogP) is 6.11. The van der Waals surface area contributed by atoms with E-state index in [9.17, 15) is 0 Å². The predicted molar refractivity (Wildman–Crippen MR) is 134 cm³/mol. The molecule has 2 heterocycles. The summed E-state index contributed by atoms with van der Waals surface area (Å²) in [5, 5.41) is 0. The first kappa shape index (κ1) is 20.8. The number of nitrogens with one attached hydrogen (secondary N) is 2. The van der Waals surface area contributed by atoms with E-state index >= 15 is 4.39 Å². The number of aromatic nitrogens is 4. The number of hydrogen-bond acceptors (Lipinski definition) is 3. The van der Waals surface area contributed by atoms with E-state index in [0.29, 0.717) is 17.1 Å². The van der Waals surface area contributed by atoms with Crippen molar-refractivity contribution in [2.24, 2.45) is 5.73 Å². The molecule has 0 amide bonds. The van der Waals surface area contributed by atoms with Gasteiger partial charge in [0.25, 0.3) is 0 Å². The topological polar surface area (TPSA) is 83.4 Å². The van der Waals surface area contributed by atoms with Gasteiger partial charge in [-0.25, -0.2) is 14.4 Å². The van der Waals surface area contributed by atoms with Gasteiger partial charge in [-0.3, -0.25) is 0 Å². The molecule has 1 unspecified atom stereocenters. The number of halogens is 1. The van der Waals surface area contributed by atoms with Crippen LogP contribution in [0.3, 0.4) is 0 Å². The van der Waals surface area contributed by atoms with Crippen molar-refractivity contribution in [3.8, 4) is 33.5 Å². The first-order valence-electron chi connectivity index (χ1n) is 11.8. The van der Waals surface area contributed by atoms with Crippen LogP contribution in [0.4, 0.5) is 4.39 Å². The van der Waals surface area contributed by atoms with Crippen LogP contribution in [-0.4, -0.2) is 19.9 Å². The highest BCUT2D eigenvalue weighted by molar-refractivity contribution is 5.89. The lowest BCUT2D eigenvalue weighted by molar-refractivity contribution is 0.631. The Labute approximate surface area is 197 Å². The summed E-state index contributed by atoms with van der Waals surface area (Å²) in [5.41, 5.74) is 16.2. The van der Waals surface area contributed by atoms with Crippen molar-refractivity contribution in [3.05, 3.63) is 83.3 Å². The summed E-state index contributed by atoms with van der Waals surface area (Å²) in [6.07, 6.45) is 4.42. The molecule has 1 aliphatic rings. The number of imidazole rings is 2. The molecule has 6 heteroatoms. The molecule has 0 radical (unpaired) electrons. The summed E-state index contributed by atoms with van der Waals surface area (Å²) in [7, 11) is 0. The van der Waals surface area contributed by atoms with Crippen LogP contribution in [0.2, 0.25) is 0 Å². The number of nitrogens with zero attached hydrogens (tertiary/aromatic N) is 2. The largest absolute Gasteiger partial charge is 0.342 e. The Morgan fingerprint density at radius 2 is 1.74 bits per heavy atom. The number of benzene rings is 3. The Kier molecular flexibility index (Phi) is 4.85. The molecular weight excluding hydrogens is 425 g/mol. The minimum absolute atomic E-state index is 0.227. The molecule has 5 aromatic rings. The second kappa shape index (κ2) is 7.92. The van der Waals surface area contributed by atoms with E-state index in [2.05, 4.69) is 52.2 Å². The number of fused-ring (bicyclic) bond motifs is 5. The van der Waals surface area contributed by atoms with Gasteiger partial charge in [0, 0.05) is 12.0 Å². The molecule has 3 aromatic carbocycles. The van der Waals surface area contributed by atoms with Gasteiger partial charge in [-0.15, -0.1) is 0 Å². The Bertz CT molecular complexity index is 1540. The lowest BCUT2D eigenvalue weighted by atomic mass is 9.83. The lowest BCUT2D eigenvalue weighted by Gasteiger charge is -2.21. The fourth-order valence-corrected chi connectivity index (χ4v) is 4.98. The maximum atomic E-state index is 15.1. The second-order valence-corrected chi connectivity index (χ2v) is 9.06. The van der Waals surface area contributed by atoms with E-state index in [4.69, 9.17) is 10.7 Å². The summed E-state index contributed by atoms with van der Waals surface area (Å²) in [4.78, 5) is 15.6. The normalized spacial score (nSPS) is 13.6. The van der Waals surface area contributed by atoms with Crippen LogP contribution in [0.1, 0.15) is 42.7 Å². The zero-order valence-corrected chi connectivity index (χ0v) is 19.2. The van der Waals surface area contributed by atoms with Crippen LogP contribution in [0, 0.1) is 5.82 Å². The molecule has 0 spiro atoms. The average Bonchev–Trinajstić information content (AvgIpc) is 3.51. The molecule has 4 N–H and O–H groups in total. The van der Waals surface area contributed by atoms with E-state index in [1.807, 2.05) is 13.0 Å². The van der Waals surface area contributed by atoms with Crippen LogP contribution in [-0.2, 0) is 19.3 Å². The van der Waals surface area contributed by atoms with Gasteiger partial charge < -0.3 is 15.7 Å². The SMILES string of the molecule is CCc1nc2c3c(ccc2[nH]1)-c1ccc(-c2ccc(-c4cnc(C(C)N)[nH]4)c(F)c2)cc1CC3. The highest BCUT2D eigenvalue weighted by atomic mass is 19.1. The number of aromatic amines is 2. The third-order valence-corrected chi connectivity index (χ3v) is 6.80. The van der Waals surface area contributed by atoms with Crippen molar-refractivity contribution in [2.45, 2.75) is 39.2 Å². The average molecular weight is 452 g/mol. The molecule has 34 heavy (non-hydrogen) atoms. The first-order valence-corrected chi connectivity index (χ1v) is 11.8. The maximum absolute atomic E-state index is 15.1. The minimum Gasteiger partial charge on any atom is -0.342 e. The van der Waals surface area contributed by atoms with Gasteiger partial charge >= 0.3 is 0 Å². The highest BCUT2D eigenvalue weighted by Crippen LogP contribution is 2.39. The number of nitrogens with two attached hydrogens (primary N) is 1. The van der Waals surface area contributed by atoms with Gasteiger partial charge in [-0.2, -0.15) is 0 Å². The van der Waals surface area contributed by atoms with Crippen LogP contribution < -0.4 is 5.73 Å². The van der Waals surface area contributed by atoms with Gasteiger partial charge in [-0.1, -0.05) is 37.3 Å². The Hall–Kier alpha value is -3.77. The smallest absolute Gasteiger partial charge is 0.133 e. The van der Waals surface area contributed by atoms with Gasteiger partial charge in [0.1, 0.15) is 17.5 Å². The molecule has 0 bridgehead atoms. The Morgan fingerprint density at radius 3 is 2.47 bits per heavy atom. The second-order valence-electron chi connectivity index (χ2n) is 9.06. The molecule has 0 fully saturated rings. The van der Waals surface area contributed by atoms with Crippen LogP contribution in [0.5, 0.6) is 0 Å². The van der Waals surface area contributed by atoms with Crippen molar-refractivity contribution < 1.29 is 4.39 Å². The van der Waals surface area contributed by atoms with Crippen molar-refractivity contribution in [2.75, 3.05) is 0 Å². The van der Waals surface area contributed by atoms with Crippen molar-refractivity contribution in [1.82, 2.24) is 19.9 Å². The third-order valence-electron chi connectivity index (χ3n) is 6.80. The fraction of sp³-hybridized carbons (Fsp3) is 0.214. The van der Waals surface area contributed by atoms with Crippen molar-refractivity contribution >= 4 is 11.0 Å². The van der Waals surface area contributed by atoms with E-state index in [1.165, 1.54) is 22.3 Å². The summed E-state index contributed by atoms with van der Waals surface area (Å²) >= 11 is 0. The molecule has 2 aromatic heterocycles. The van der Waals surface area contributed by atoms with Gasteiger partial charge in [0.05, 0.1) is 29.0 Å². The molecule has 6 rings (SSSR count). The molecule has 1 aliphatic carbocycles. The van der Waals surface area contributed by atoms with E-state index in [-0.39, 0.29) is 11.9 Å². The quantitative estimate of drug-likeness (QED) is 0.308. The standard InChI is InChI=1S/C28H26FN5/c1-3-26-32-24-11-10-20-19-7-4-16(12-18(19)6-8-21(20)27(24)34-26)17-5-9-22(23(29)13-17)25-14-31-28(33-25)15(2)30/h4-5,7,9-15H,3,6,8,30H2,1-2H3,(H,31,33)(H,32,34). The van der Waals surface area contributed by atoms with Gasteiger partial charge in [-0.05, 0) is 71.3 Å².